The maximum absolute atomic E-state index is 3.73. The average Bonchev–Trinajstić information content (AvgIpc) is 2.71. The number of nitrogens with one attached hydrogen (secondary N) is 1. The third-order valence-electron chi connectivity index (χ3n) is 3.55. The molecule has 1 aliphatic rings. The minimum absolute atomic E-state index is 0.360. The van der Waals surface area contributed by atoms with Crippen LogP contribution in [0.15, 0.2) is 28.7 Å². The van der Waals surface area contributed by atoms with Crippen LogP contribution in [0.1, 0.15) is 38.2 Å². The fourth-order valence-electron chi connectivity index (χ4n) is 2.81. The maximum Gasteiger partial charge on any atom is 0.0222 e. The highest BCUT2D eigenvalue weighted by molar-refractivity contribution is 9.10. The Labute approximate surface area is 107 Å². The summed E-state index contributed by atoms with van der Waals surface area (Å²) in [6, 6.07) is 8.60. The van der Waals surface area contributed by atoms with Crippen molar-refractivity contribution in [1.82, 2.24) is 5.32 Å². The lowest BCUT2D eigenvalue weighted by atomic mass is 9.85. The number of hydrogen-bond donors (Lipinski definition) is 1. The van der Waals surface area contributed by atoms with Crippen LogP contribution in [0.3, 0.4) is 0 Å². The van der Waals surface area contributed by atoms with E-state index in [9.17, 15) is 0 Å². The molecule has 88 valence electrons. The molecule has 1 N–H and O–H groups in total. The number of benzene rings is 1. The van der Waals surface area contributed by atoms with Gasteiger partial charge in [0.2, 0.25) is 0 Å². The maximum atomic E-state index is 3.73. The average molecular weight is 282 g/mol. The molecule has 0 aromatic heterocycles. The minimum atomic E-state index is 0.360. The molecule has 16 heavy (non-hydrogen) atoms. The van der Waals surface area contributed by atoms with E-state index in [0.717, 1.165) is 6.42 Å². The van der Waals surface area contributed by atoms with Crippen molar-refractivity contribution in [3.05, 3.63) is 34.3 Å². The number of hydrogen-bond acceptors (Lipinski definition) is 1. The summed E-state index contributed by atoms with van der Waals surface area (Å²) in [5.74, 6) is 0. The third-order valence-corrected chi connectivity index (χ3v) is 4.32. The highest BCUT2D eigenvalue weighted by atomic mass is 79.9. The van der Waals surface area contributed by atoms with Gasteiger partial charge in [0.05, 0.1) is 0 Å². The molecule has 0 saturated carbocycles. The highest BCUT2D eigenvalue weighted by Crippen LogP contribution is 2.31. The molecule has 0 bridgehead atoms. The van der Waals surface area contributed by atoms with E-state index >= 15 is 0 Å². The zero-order valence-electron chi connectivity index (χ0n) is 9.93. The van der Waals surface area contributed by atoms with Gasteiger partial charge in [0, 0.05) is 10.0 Å². The minimum Gasteiger partial charge on any atom is -0.311 e. The smallest absolute Gasteiger partial charge is 0.0222 e. The van der Waals surface area contributed by atoms with Gasteiger partial charge in [-0.3, -0.25) is 0 Å². The predicted octanol–water partition coefficient (Wildman–Crippen LogP) is 3.91. The topological polar surface area (TPSA) is 12.0 Å². The van der Waals surface area contributed by atoms with Gasteiger partial charge < -0.3 is 5.32 Å². The van der Waals surface area contributed by atoms with Crippen LogP contribution in [0.25, 0.3) is 0 Å². The second-order valence-electron chi connectivity index (χ2n) is 4.83. The molecule has 1 fully saturated rings. The molecule has 1 atom stereocenters. The molecule has 1 aromatic rings. The zero-order valence-corrected chi connectivity index (χ0v) is 11.5. The monoisotopic (exact) mass is 281 g/mol. The highest BCUT2D eigenvalue weighted by Gasteiger charge is 2.32. The first-order valence-electron chi connectivity index (χ1n) is 6.24. The lowest BCUT2D eigenvalue weighted by Gasteiger charge is -2.30. The first kappa shape index (κ1) is 12.1. The van der Waals surface area contributed by atoms with Crippen LogP contribution in [0.2, 0.25) is 0 Å². The summed E-state index contributed by atoms with van der Waals surface area (Å²) < 4.78 is 1.25. The summed E-state index contributed by atoms with van der Waals surface area (Å²) in [6.45, 7) is 3.46. The Morgan fingerprint density at radius 3 is 2.81 bits per heavy atom. The van der Waals surface area contributed by atoms with E-state index in [4.69, 9.17) is 0 Å². The van der Waals surface area contributed by atoms with Gasteiger partial charge in [0.25, 0.3) is 0 Å². The van der Waals surface area contributed by atoms with Crippen molar-refractivity contribution < 1.29 is 0 Å². The second-order valence-corrected chi connectivity index (χ2v) is 5.68. The van der Waals surface area contributed by atoms with Crippen molar-refractivity contribution in [2.24, 2.45) is 0 Å². The predicted molar refractivity (Wildman–Crippen MR) is 72.7 cm³/mol. The molecule has 1 unspecified atom stereocenters. The van der Waals surface area contributed by atoms with Crippen LogP contribution in [0.5, 0.6) is 0 Å². The molecule has 0 radical (unpaired) electrons. The zero-order chi connectivity index (χ0) is 11.4. The Morgan fingerprint density at radius 2 is 2.19 bits per heavy atom. The van der Waals surface area contributed by atoms with Crippen molar-refractivity contribution in [1.29, 1.82) is 0 Å². The van der Waals surface area contributed by atoms with Gasteiger partial charge in [0.15, 0.2) is 0 Å². The van der Waals surface area contributed by atoms with Crippen LogP contribution in [0.4, 0.5) is 0 Å². The summed E-state index contributed by atoms with van der Waals surface area (Å²) in [5.41, 5.74) is 1.80. The first-order valence-corrected chi connectivity index (χ1v) is 7.03. The molecular formula is C14H20BrN. The quantitative estimate of drug-likeness (QED) is 0.882. The fraction of sp³-hybridized carbons (Fsp3) is 0.571. The largest absolute Gasteiger partial charge is 0.311 e. The first-order chi connectivity index (χ1) is 7.76. The van der Waals surface area contributed by atoms with E-state index in [0.29, 0.717) is 5.54 Å². The van der Waals surface area contributed by atoms with Gasteiger partial charge in [-0.05, 0) is 43.9 Å². The summed E-state index contributed by atoms with van der Waals surface area (Å²) in [5, 5.41) is 3.73. The van der Waals surface area contributed by atoms with Gasteiger partial charge in [-0.25, -0.2) is 0 Å². The summed E-state index contributed by atoms with van der Waals surface area (Å²) in [6.07, 6.45) is 6.35. The van der Waals surface area contributed by atoms with Crippen molar-refractivity contribution in [3.8, 4) is 0 Å². The van der Waals surface area contributed by atoms with E-state index in [1.807, 2.05) is 0 Å². The summed E-state index contributed by atoms with van der Waals surface area (Å²) in [4.78, 5) is 0. The van der Waals surface area contributed by atoms with Crippen molar-refractivity contribution in [2.75, 3.05) is 6.54 Å². The van der Waals surface area contributed by atoms with Crippen LogP contribution in [0, 0.1) is 0 Å². The molecule has 1 aliphatic heterocycles. The molecule has 0 spiro atoms. The SMILES string of the molecule is CCCC1(Cc2ccccc2Br)CCCN1. The van der Waals surface area contributed by atoms with Crippen molar-refractivity contribution >= 4 is 15.9 Å². The molecule has 1 saturated heterocycles. The Hall–Kier alpha value is -0.340. The Balaban J connectivity index is 2.14. The molecule has 2 heteroatoms. The molecule has 0 aliphatic carbocycles. The Bertz CT molecular complexity index is 342. The number of halogens is 1. The van der Waals surface area contributed by atoms with Crippen molar-refractivity contribution in [2.45, 2.75) is 44.6 Å². The normalized spacial score (nSPS) is 24.9. The van der Waals surface area contributed by atoms with Gasteiger partial charge >= 0.3 is 0 Å². The molecule has 1 heterocycles. The Kier molecular flexibility index (Phi) is 4.04. The lowest BCUT2D eigenvalue weighted by molar-refractivity contribution is 0.341. The van der Waals surface area contributed by atoms with Gasteiger partial charge in [-0.2, -0.15) is 0 Å². The van der Waals surface area contributed by atoms with Gasteiger partial charge in [0.1, 0.15) is 0 Å². The number of rotatable bonds is 4. The van der Waals surface area contributed by atoms with E-state index < -0.39 is 0 Å². The van der Waals surface area contributed by atoms with Gasteiger partial charge in [-0.15, -0.1) is 0 Å². The van der Waals surface area contributed by atoms with Gasteiger partial charge in [-0.1, -0.05) is 47.5 Å². The van der Waals surface area contributed by atoms with E-state index in [1.165, 1.54) is 42.3 Å². The van der Waals surface area contributed by atoms with Crippen LogP contribution in [-0.2, 0) is 6.42 Å². The van der Waals surface area contributed by atoms with E-state index in [-0.39, 0.29) is 0 Å². The van der Waals surface area contributed by atoms with E-state index in [1.54, 1.807) is 0 Å². The van der Waals surface area contributed by atoms with Crippen LogP contribution in [-0.4, -0.2) is 12.1 Å². The second kappa shape index (κ2) is 5.33. The molecule has 1 nitrogen and oxygen atoms in total. The molecule has 0 amide bonds. The summed E-state index contributed by atoms with van der Waals surface area (Å²) >= 11 is 3.65. The summed E-state index contributed by atoms with van der Waals surface area (Å²) in [7, 11) is 0. The standard InChI is InChI=1S/C14H20BrN/c1-2-8-14(9-5-10-16-14)11-12-6-3-4-7-13(12)15/h3-4,6-7,16H,2,5,8-11H2,1H3. The lowest BCUT2D eigenvalue weighted by Crippen LogP contribution is -2.41. The molecule has 2 rings (SSSR count). The van der Waals surface area contributed by atoms with Crippen LogP contribution >= 0.6 is 15.9 Å². The van der Waals surface area contributed by atoms with Crippen molar-refractivity contribution in [3.63, 3.8) is 0 Å². The fourth-order valence-corrected chi connectivity index (χ4v) is 3.23. The third kappa shape index (κ3) is 2.67. The van der Waals surface area contributed by atoms with Crippen LogP contribution < -0.4 is 5.32 Å². The molecular weight excluding hydrogens is 262 g/mol. The van der Waals surface area contributed by atoms with E-state index in [2.05, 4.69) is 52.4 Å². The Morgan fingerprint density at radius 1 is 1.38 bits per heavy atom. The molecule has 1 aromatic carbocycles.